The lowest BCUT2D eigenvalue weighted by molar-refractivity contribution is 0.435. The summed E-state index contributed by atoms with van der Waals surface area (Å²) in [7, 11) is 0. The van der Waals surface area contributed by atoms with Gasteiger partial charge in [-0.05, 0) is 54.9 Å². The highest BCUT2D eigenvalue weighted by Crippen LogP contribution is 2.41. The van der Waals surface area contributed by atoms with E-state index in [1.165, 1.54) is 18.4 Å². The second-order valence-electron chi connectivity index (χ2n) is 7.57. The molecule has 4 rings (SSSR count). The molecule has 31 heavy (non-hydrogen) atoms. The van der Waals surface area contributed by atoms with Crippen molar-refractivity contribution in [3.63, 3.8) is 0 Å². The molecule has 0 spiro atoms. The van der Waals surface area contributed by atoms with Gasteiger partial charge in [-0.1, -0.05) is 66.4 Å². The SMILES string of the molecule is S=C(NCC1(c2ccc(Cl)cc2)CCCC1)Nc1nc(Cl)cc(Oc2ccccc2)n1. The van der Waals surface area contributed by atoms with Crippen LogP contribution in [0.5, 0.6) is 11.6 Å². The summed E-state index contributed by atoms with van der Waals surface area (Å²) >= 11 is 17.7. The lowest BCUT2D eigenvalue weighted by Gasteiger charge is -2.30. The molecule has 1 saturated carbocycles. The number of anilines is 1. The first-order chi connectivity index (χ1) is 15.0. The van der Waals surface area contributed by atoms with Crippen LogP contribution in [0.25, 0.3) is 0 Å². The summed E-state index contributed by atoms with van der Waals surface area (Å²) in [6, 6.07) is 19.0. The third-order valence-corrected chi connectivity index (χ3v) is 6.16. The lowest BCUT2D eigenvalue weighted by atomic mass is 9.79. The molecule has 1 heterocycles. The number of para-hydroxylation sites is 1. The van der Waals surface area contributed by atoms with E-state index in [0.717, 1.165) is 17.9 Å². The maximum atomic E-state index is 6.15. The van der Waals surface area contributed by atoms with Crippen molar-refractivity contribution in [1.29, 1.82) is 0 Å². The van der Waals surface area contributed by atoms with Gasteiger partial charge in [0.25, 0.3) is 0 Å². The first-order valence-electron chi connectivity index (χ1n) is 10.1. The summed E-state index contributed by atoms with van der Waals surface area (Å²) in [5.41, 5.74) is 1.31. The Kier molecular flexibility index (Phi) is 6.90. The highest BCUT2D eigenvalue weighted by atomic mass is 35.5. The average Bonchev–Trinajstić information content (AvgIpc) is 3.23. The number of hydrogen-bond donors (Lipinski definition) is 2. The zero-order valence-electron chi connectivity index (χ0n) is 16.8. The third-order valence-electron chi connectivity index (χ3n) is 5.47. The van der Waals surface area contributed by atoms with E-state index < -0.39 is 0 Å². The van der Waals surface area contributed by atoms with Crippen molar-refractivity contribution in [2.24, 2.45) is 0 Å². The Hall–Kier alpha value is -2.41. The normalized spacial score (nSPS) is 14.8. The van der Waals surface area contributed by atoms with Gasteiger partial charge in [-0.3, -0.25) is 0 Å². The summed E-state index contributed by atoms with van der Waals surface area (Å²) in [4.78, 5) is 8.56. The molecule has 0 bridgehead atoms. The fourth-order valence-corrected chi connectivity index (χ4v) is 4.40. The van der Waals surface area contributed by atoms with Gasteiger partial charge in [0.1, 0.15) is 10.9 Å². The molecule has 0 radical (unpaired) electrons. The quantitative estimate of drug-likeness (QED) is 0.320. The van der Waals surface area contributed by atoms with Crippen LogP contribution in [0.3, 0.4) is 0 Å². The van der Waals surface area contributed by atoms with Crippen molar-refractivity contribution in [1.82, 2.24) is 15.3 Å². The fraction of sp³-hybridized carbons (Fsp3) is 0.261. The highest BCUT2D eigenvalue weighted by molar-refractivity contribution is 7.80. The molecule has 5 nitrogen and oxygen atoms in total. The summed E-state index contributed by atoms with van der Waals surface area (Å²) in [6.45, 7) is 0.717. The van der Waals surface area contributed by atoms with Gasteiger partial charge in [0.05, 0.1) is 0 Å². The molecule has 2 N–H and O–H groups in total. The van der Waals surface area contributed by atoms with Gasteiger partial charge < -0.3 is 15.4 Å². The van der Waals surface area contributed by atoms with E-state index in [4.69, 9.17) is 40.2 Å². The van der Waals surface area contributed by atoms with Crippen LogP contribution < -0.4 is 15.4 Å². The van der Waals surface area contributed by atoms with Gasteiger partial charge in [-0.15, -0.1) is 0 Å². The molecule has 0 amide bonds. The lowest BCUT2D eigenvalue weighted by Crippen LogP contribution is -2.41. The van der Waals surface area contributed by atoms with Gasteiger partial charge in [-0.2, -0.15) is 4.98 Å². The minimum atomic E-state index is 0.0348. The Morgan fingerprint density at radius 2 is 1.71 bits per heavy atom. The van der Waals surface area contributed by atoms with E-state index >= 15 is 0 Å². The van der Waals surface area contributed by atoms with Crippen molar-refractivity contribution < 1.29 is 4.74 Å². The van der Waals surface area contributed by atoms with Crippen LogP contribution in [0.1, 0.15) is 31.2 Å². The number of ether oxygens (including phenoxy) is 1. The van der Waals surface area contributed by atoms with E-state index in [2.05, 4.69) is 32.7 Å². The smallest absolute Gasteiger partial charge is 0.233 e. The molecule has 160 valence electrons. The number of rotatable bonds is 6. The number of halogens is 2. The Labute approximate surface area is 197 Å². The Morgan fingerprint density at radius 3 is 2.42 bits per heavy atom. The van der Waals surface area contributed by atoms with E-state index in [0.29, 0.717) is 23.3 Å². The summed E-state index contributed by atoms with van der Waals surface area (Å²) < 4.78 is 5.76. The third kappa shape index (κ3) is 5.64. The van der Waals surface area contributed by atoms with Crippen LogP contribution in [0.4, 0.5) is 5.95 Å². The van der Waals surface area contributed by atoms with Crippen molar-refractivity contribution >= 4 is 46.5 Å². The fourth-order valence-electron chi connectivity index (χ4n) is 3.93. The van der Waals surface area contributed by atoms with Crippen LogP contribution in [0.2, 0.25) is 10.2 Å². The van der Waals surface area contributed by atoms with Gasteiger partial charge in [0, 0.05) is 23.0 Å². The van der Waals surface area contributed by atoms with E-state index in [1.54, 1.807) is 6.07 Å². The van der Waals surface area contributed by atoms with Crippen LogP contribution in [-0.4, -0.2) is 21.6 Å². The van der Waals surface area contributed by atoms with E-state index in [9.17, 15) is 0 Å². The number of hydrogen-bond acceptors (Lipinski definition) is 4. The predicted molar refractivity (Wildman–Crippen MR) is 129 cm³/mol. The van der Waals surface area contributed by atoms with Crippen molar-refractivity contribution in [3.05, 3.63) is 76.4 Å². The maximum Gasteiger partial charge on any atom is 0.233 e. The molecule has 1 aliphatic rings. The second kappa shape index (κ2) is 9.81. The Morgan fingerprint density at radius 1 is 1.00 bits per heavy atom. The average molecular weight is 473 g/mol. The van der Waals surface area contributed by atoms with Crippen LogP contribution >= 0.6 is 35.4 Å². The Bertz CT molecular complexity index is 1040. The Balaban J connectivity index is 1.42. The standard InChI is InChI=1S/C23H22Cl2N4OS/c24-17-10-8-16(9-11-17)23(12-4-5-13-23)15-26-22(31)29-21-27-19(25)14-20(28-21)30-18-6-2-1-3-7-18/h1-3,6-11,14H,4-5,12-13,15H2,(H2,26,27,28,29,31). The molecule has 0 atom stereocenters. The predicted octanol–water partition coefficient (Wildman–Crippen LogP) is 6.37. The molecule has 8 heteroatoms. The van der Waals surface area contributed by atoms with Crippen molar-refractivity contribution in [3.8, 4) is 11.6 Å². The molecular formula is C23H22Cl2N4OS. The maximum absolute atomic E-state index is 6.15. The minimum absolute atomic E-state index is 0.0348. The molecule has 0 saturated heterocycles. The largest absolute Gasteiger partial charge is 0.439 e. The molecule has 1 aliphatic carbocycles. The number of aromatic nitrogens is 2. The zero-order chi connectivity index (χ0) is 21.7. The van der Waals surface area contributed by atoms with Crippen LogP contribution in [0.15, 0.2) is 60.7 Å². The van der Waals surface area contributed by atoms with Crippen molar-refractivity contribution in [2.75, 3.05) is 11.9 Å². The zero-order valence-corrected chi connectivity index (χ0v) is 19.1. The summed E-state index contributed by atoms with van der Waals surface area (Å²) in [5, 5.41) is 7.81. The minimum Gasteiger partial charge on any atom is -0.439 e. The van der Waals surface area contributed by atoms with Crippen LogP contribution in [-0.2, 0) is 5.41 Å². The van der Waals surface area contributed by atoms with Crippen molar-refractivity contribution in [2.45, 2.75) is 31.1 Å². The second-order valence-corrected chi connectivity index (χ2v) is 8.80. The first kappa shape index (κ1) is 21.8. The van der Waals surface area contributed by atoms with Gasteiger partial charge in [-0.25, -0.2) is 4.98 Å². The summed E-state index contributed by atoms with van der Waals surface area (Å²) in [5.74, 6) is 1.28. The molecule has 3 aromatic rings. The van der Waals surface area contributed by atoms with E-state index in [-0.39, 0.29) is 16.5 Å². The van der Waals surface area contributed by atoms with Gasteiger partial charge in [0.15, 0.2) is 5.11 Å². The number of thiocarbonyl (C=S) groups is 1. The van der Waals surface area contributed by atoms with E-state index in [1.807, 2.05) is 42.5 Å². The van der Waals surface area contributed by atoms with Crippen LogP contribution in [0, 0.1) is 0 Å². The van der Waals surface area contributed by atoms with Gasteiger partial charge >= 0.3 is 0 Å². The monoisotopic (exact) mass is 472 g/mol. The number of benzene rings is 2. The molecule has 1 aromatic heterocycles. The molecule has 0 aliphatic heterocycles. The molecule has 2 aromatic carbocycles. The summed E-state index contributed by atoms with van der Waals surface area (Å²) in [6.07, 6.45) is 4.60. The number of nitrogens with one attached hydrogen (secondary N) is 2. The molecule has 0 unspecified atom stereocenters. The molecule has 1 fully saturated rings. The topological polar surface area (TPSA) is 59.1 Å². The van der Waals surface area contributed by atoms with Gasteiger partial charge in [0.2, 0.25) is 11.8 Å². The first-order valence-corrected chi connectivity index (χ1v) is 11.3. The molecular weight excluding hydrogens is 451 g/mol. The highest BCUT2D eigenvalue weighted by Gasteiger charge is 2.35. The number of nitrogens with zero attached hydrogens (tertiary/aromatic N) is 2.